The Morgan fingerprint density at radius 3 is 2.05 bits per heavy atom. The number of rotatable bonds is 2. The van der Waals surface area contributed by atoms with Crippen LogP contribution in [0.2, 0.25) is 0 Å². The Morgan fingerprint density at radius 1 is 0.900 bits per heavy atom. The quantitative estimate of drug-likeness (QED) is 0.457. The van der Waals surface area contributed by atoms with Crippen molar-refractivity contribution in [1.82, 2.24) is 0 Å². The van der Waals surface area contributed by atoms with E-state index in [0.717, 1.165) is 13.1 Å². The van der Waals surface area contributed by atoms with Crippen LogP contribution >= 0.6 is 0 Å². The van der Waals surface area contributed by atoms with E-state index in [-0.39, 0.29) is 19.5 Å². The van der Waals surface area contributed by atoms with Crippen LogP contribution in [0, 0.1) is 13.8 Å². The topological polar surface area (TPSA) is 6.25 Å². The number of nitrogens with zero attached hydrogens (tertiary/aromatic N) is 2. The second-order valence-electron chi connectivity index (χ2n) is 5.07. The summed E-state index contributed by atoms with van der Waals surface area (Å²) >= 11 is 0. The number of aryl methyl sites for hydroxylation is 2. The minimum Gasteiger partial charge on any atom is -0.334 e. The molecule has 0 saturated carbocycles. The fraction of sp³-hybridized carbons (Fsp3) is 0.235. The third kappa shape index (κ3) is 3.16. The number of hydrogen-bond acceptors (Lipinski definition) is 1. The molecule has 0 bridgehead atoms. The molecule has 0 N–H and O–H groups in total. The van der Waals surface area contributed by atoms with Crippen molar-refractivity contribution < 1.29 is 24.1 Å². The van der Waals surface area contributed by atoms with Crippen molar-refractivity contribution in [3.05, 3.63) is 59.7 Å². The molecule has 20 heavy (non-hydrogen) atoms. The standard InChI is InChI=1S/C17H18N2.Ru/c1-14-3-7-16(8-4-14)18-11-12-19(13-18)17-9-5-15(2)6-10-17;/h3-10H,11-12H2,1-2H3;/q;+1. The molecular formula is C17H18N2Ru+. The van der Waals surface area contributed by atoms with E-state index in [2.05, 4.69) is 78.2 Å². The average molecular weight is 351 g/mol. The molecule has 3 rings (SSSR count). The van der Waals surface area contributed by atoms with E-state index in [1.54, 1.807) is 0 Å². The fourth-order valence-corrected chi connectivity index (χ4v) is 2.27. The summed E-state index contributed by atoms with van der Waals surface area (Å²) in [5.41, 5.74) is 5.00. The molecule has 1 radical (unpaired) electrons. The summed E-state index contributed by atoms with van der Waals surface area (Å²) in [6, 6.07) is 17.2. The van der Waals surface area contributed by atoms with Gasteiger partial charge in [-0.3, -0.25) is 0 Å². The minimum atomic E-state index is 0. The second-order valence-corrected chi connectivity index (χ2v) is 5.07. The van der Waals surface area contributed by atoms with Gasteiger partial charge in [0.05, 0.1) is 0 Å². The molecule has 0 amide bonds. The van der Waals surface area contributed by atoms with Crippen molar-refractivity contribution in [2.45, 2.75) is 13.8 Å². The molecule has 1 aliphatic heterocycles. The van der Waals surface area contributed by atoms with Crippen molar-refractivity contribution in [3.63, 3.8) is 0 Å². The molecule has 0 aliphatic carbocycles. The predicted molar refractivity (Wildman–Crippen MR) is 79.5 cm³/mol. The Bertz CT molecular complexity index is 600. The molecule has 1 aliphatic rings. The molecule has 2 nitrogen and oxygen atoms in total. The summed E-state index contributed by atoms with van der Waals surface area (Å²) in [6.45, 7) is 6.19. The molecule has 3 heteroatoms. The Morgan fingerprint density at radius 2 is 1.45 bits per heavy atom. The molecule has 0 unspecified atom stereocenters. The van der Waals surface area contributed by atoms with Crippen molar-refractivity contribution in [2.75, 3.05) is 18.0 Å². The average Bonchev–Trinajstić information content (AvgIpc) is 2.90. The van der Waals surface area contributed by atoms with Crippen LogP contribution in [-0.2, 0) is 19.5 Å². The Balaban J connectivity index is 0.00000147. The molecule has 103 valence electrons. The second kappa shape index (κ2) is 6.32. The van der Waals surface area contributed by atoms with E-state index in [1.807, 2.05) is 0 Å². The first-order valence-corrected chi connectivity index (χ1v) is 6.67. The van der Waals surface area contributed by atoms with Gasteiger partial charge in [-0.15, -0.1) is 0 Å². The molecule has 0 aromatic heterocycles. The van der Waals surface area contributed by atoms with E-state index in [9.17, 15) is 0 Å². The van der Waals surface area contributed by atoms with Gasteiger partial charge in [-0.25, -0.2) is 0 Å². The van der Waals surface area contributed by atoms with E-state index in [0.29, 0.717) is 0 Å². The van der Waals surface area contributed by atoms with Gasteiger partial charge in [0.1, 0.15) is 13.1 Å². The summed E-state index contributed by atoms with van der Waals surface area (Å²) in [4.78, 5) is 2.18. The zero-order chi connectivity index (χ0) is 13.2. The van der Waals surface area contributed by atoms with Crippen molar-refractivity contribution >= 4 is 17.7 Å². The smallest absolute Gasteiger partial charge is 0.334 e. The minimum absolute atomic E-state index is 0. The fourth-order valence-electron chi connectivity index (χ4n) is 2.27. The Labute approximate surface area is 133 Å². The van der Waals surface area contributed by atoms with E-state index in [1.165, 1.54) is 22.5 Å². The third-order valence-corrected chi connectivity index (χ3v) is 3.48. The van der Waals surface area contributed by atoms with Crippen molar-refractivity contribution in [1.29, 1.82) is 0 Å². The maximum Gasteiger partial charge on any atom is 1.00 e. The summed E-state index contributed by atoms with van der Waals surface area (Å²) in [5, 5.41) is 0. The summed E-state index contributed by atoms with van der Waals surface area (Å²) < 4.78 is 2.18. The Kier molecular flexibility index (Phi) is 4.72. The van der Waals surface area contributed by atoms with Gasteiger partial charge in [0.25, 0.3) is 0 Å². The molecule has 0 fully saturated rings. The molecule has 0 atom stereocenters. The van der Waals surface area contributed by atoms with Crippen LogP contribution in [0.4, 0.5) is 11.4 Å². The largest absolute Gasteiger partial charge is 1.00 e. The summed E-state index contributed by atoms with van der Waals surface area (Å²) in [7, 11) is 0. The molecule has 1 heterocycles. The normalized spacial score (nSPS) is 13.9. The van der Waals surface area contributed by atoms with Crippen LogP contribution in [-0.4, -0.2) is 24.0 Å². The number of hydrogen-bond donors (Lipinski definition) is 0. The van der Waals surface area contributed by atoms with Gasteiger partial charge >= 0.3 is 19.5 Å². The van der Waals surface area contributed by atoms with Crippen molar-refractivity contribution in [3.8, 4) is 0 Å². The molecule has 0 saturated heterocycles. The molecule has 2 aromatic carbocycles. The Hall–Kier alpha value is -1.47. The SMILES string of the molecule is Cc1ccc(N2[C-]=[N+](c3ccc(C)cc3)CC2)cc1.[Ru+]. The van der Waals surface area contributed by atoms with E-state index in [4.69, 9.17) is 0 Å². The van der Waals surface area contributed by atoms with E-state index >= 15 is 0 Å². The van der Waals surface area contributed by atoms with Crippen molar-refractivity contribution in [2.24, 2.45) is 0 Å². The van der Waals surface area contributed by atoms with Crippen LogP contribution in [0.1, 0.15) is 11.1 Å². The van der Waals surface area contributed by atoms with Crippen LogP contribution < -0.4 is 4.90 Å². The van der Waals surface area contributed by atoms with Crippen LogP contribution in [0.3, 0.4) is 0 Å². The zero-order valence-electron chi connectivity index (χ0n) is 11.8. The first-order chi connectivity index (χ1) is 9.22. The van der Waals surface area contributed by atoms with Crippen LogP contribution in [0.5, 0.6) is 0 Å². The monoisotopic (exact) mass is 352 g/mol. The molecular weight excluding hydrogens is 333 g/mol. The van der Waals surface area contributed by atoms with Gasteiger partial charge in [0.15, 0.2) is 0 Å². The number of benzene rings is 2. The number of anilines is 1. The van der Waals surface area contributed by atoms with Gasteiger partial charge in [-0.05, 0) is 13.8 Å². The molecule has 0 spiro atoms. The van der Waals surface area contributed by atoms with Gasteiger partial charge in [-0.1, -0.05) is 59.7 Å². The van der Waals surface area contributed by atoms with Gasteiger partial charge in [0.2, 0.25) is 6.34 Å². The maximum absolute atomic E-state index is 3.43. The predicted octanol–water partition coefficient (Wildman–Crippen LogP) is 3.37. The zero-order valence-corrected chi connectivity index (χ0v) is 13.5. The maximum atomic E-state index is 3.43. The molecule has 2 aromatic rings. The first-order valence-electron chi connectivity index (χ1n) is 6.67. The summed E-state index contributed by atoms with van der Waals surface area (Å²) in [6.07, 6.45) is 3.43. The van der Waals surface area contributed by atoms with Gasteiger partial charge in [0, 0.05) is 11.4 Å². The third-order valence-electron chi connectivity index (χ3n) is 3.48. The van der Waals surface area contributed by atoms with Crippen LogP contribution in [0.25, 0.3) is 0 Å². The van der Waals surface area contributed by atoms with Crippen LogP contribution in [0.15, 0.2) is 48.5 Å². The first kappa shape index (κ1) is 14.9. The van der Waals surface area contributed by atoms with Gasteiger partial charge in [-0.2, -0.15) is 0 Å². The summed E-state index contributed by atoms with van der Waals surface area (Å²) in [5.74, 6) is 0. The van der Waals surface area contributed by atoms with E-state index < -0.39 is 0 Å². The van der Waals surface area contributed by atoms with Gasteiger partial charge < -0.3 is 9.48 Å².